The summed E-state index contributed by atoms with van der Waals surface area (Å²) in [5.74, 6) is -10.1. The van der Waals surface area contributed by atoms with Gasteiger partial charge in [0.1, 0.15) is 43.7 Å². The Morgan fingerprint density at radius 1 is 0.504 bits per heavy atom. The average molecular weight is 1610 g/mol. The highest BCUT2D eigenvalue weighted by atomic mass is 31.2. The zero-order chi connectivity index (χ0) is 82.3. The van der Waals surface area contributed by atoms with E-state index in [4.69, 9.17) is 37.7 Å². The number of hydrogen-bond acceptors (Lipinski definition) is 27. The van der Waals surface area contributed by atoms with Crippen molar-refractivity contribution in [2.75, 3.05) is 138 Å². The van der Waals surface area contributed by atoms with E-state index in [0.717, 1.165) is 16.8 Å². The van der Waals surface area contributed by atoms with Crippen LogP contribution in [-0.2, 0) is 113 Å². The fourth-order valence-corrected chi connectivity index (χ4v) is 12.8. The average Bonchev–Trinajstić information content (AvgIpc) is 1.68. The lowest BCUT2D eigenvalue weighted by molar-refractivity contribution is -0.145. The number of methoxy groups -OCH3 is 3. The minimum atomic E-state index is -4.28. The lowest BCUT2D eigenvalue weighted by atomic mass is 9.94. The Morgan fingerprint density at radius 2 is 1.03 bits per heavy atom. The third-order valence-corrected chi connectivity index (χ3v) is 18.9. The number of ketones is 1. The summed E-state index contributed by atoms with van der Waals surface area (Å²) in [5.41, 5.74) is 4.15. The second-order valence-electron chi connectivity index (χ2n) is 26.1. The van der Waals surface area contributed by atoms with Gasteiger partial charge in [0.2, 0.25) is 29.5 Å². The number of rotatable bonds is 54. The molecule has 3 heterocycles. The second kappa shape index (κ2) is 52.0. The number of carbonyl (C=O) groups is 12. The van der Waals surface area contributed by atoms with Gasteiger partial charge in [-0.15, -0.1) is 5.10 Å². The molecule has 2 unspecified atom stereocenters. The van der Waals surface area contributed by atoms with Gasteiger partial charge in [0.25, 0.3) is 0 Å². The van der Waals surface area contributed by atoms with Crippen molar-refractivity contribution in [2.24, 2.45) is 11.8 Å². The fraction of sp³-hybridized carbons (Fsp3) is 0.547. The quantitative estimate of drug-likeness (QED) is 0.0170. The number of hydrogen-bond donors (Lipinski definition) is 8. The van der Waals surface area contributed by atoms with Gasteiger partial charge in [-0.25, -0.2) is 9.48 Å². The van der Waals surface area contributed by atoms with Crippen LogP contribution in [0.4, 0.5) is 5.69 Å². The third-order valence-electron chi connectivity index (χ3n) is 17.4. The summed E-state index contributed by atoms with van der Waals surface area (Å²) in [6, 6.07) is 13.6. The molecule has 113 heavy (non-hydrogen) atoms. The Hall–Kier alpha value is -10.4. The number of benzene rings is 2. The van der Waals surface area contributed by atoms with Crippen LogP contribution in [0, 0.1) is 11.8 Å². The maximum Gasteiger partial charge on any atom is 0.328 e. The number of para-hydroxylation sites is 1. The highest BCUT2D eigenvalue weighted by Crippen LogP contribution is 2.45. The van der Waals surface area contributed by atoms with Crippen molar-refractivity contribution < 1.29 is 120 Å². The second-order valence-corrected chi connectivity index (χ2v) is 28.0. The van der Waals surface area contributed by atoms with E-state index in [0.29, 0.717) is 75.4 Å². The number of ether oxygens (including phenoxy) is 7. The van der Waals surface area contributed by atoms with Gasteiger partial charge in [-0.05, 0) is 56.6 Å². The summed E-state index contributed by atoms with van der Waals surface area (Å²) in [5, 5.41) is 48.6. The number of amides is 5. The Bertz CT molecular complexity index is 3730. The van der Waals surface area contributed by atoms with Crippen LogP contribution in [0.5, 0.6) is 0 Å². The van der Waals surface area contributed by atoms with Crippen LogP contribution in [0.2, 0.25) is 0 Å². The molecule has 4 atom stereocenters. The highest BCUT2D eigenvalue weighted by molar-refractivity contribution is 7.52. The first kappa shape index (κ1) is 93.2. The molecule has 0 spiro atoms. The van der Waals surface area contributed by atoms with E-state index in [1.807, 2.05) is 48.5 Å². The molecule has 38 heteroatoms. The van der Waals surface area contributed by atoms with Crippen LogP contribution in [-0.4, -0.2) is 265 Å². The highest BCUT2D eigenvalue weighted by Gasteiger charge is 2.32. The monoisotopic (exact) mass is 1610 g/mol. The number of anilines is 1. The van der Waals surface area contributed by atoms with Crippen molar-refractivity contribution in [2.45, 2.75) is 122 Å². The van der Waals surface area contributed by atoms with Crippen LogP contribution in [0.1, 0.15) is 109 Å². The van der Waals surface area contributed by atoms with E-state index in [9.17, 15) is 82.3 Å². The zero-order valence-electron chi connectivity index (χ0n) is 64.4. The summed E-state index contributed by atoms with van der Waals surface area (Å²) < 4.78 is 55.9. The molecule has 2 aliphatic rings. The molecule has 0 saturated carbocycles. The maximum atomic E-state index is 14.2. The lowest BCUT2D eigenvalue weighted by Gasteiger charge is -2.28. The Morgan fingerprint density at radius 3 is 1.60 bits per heavy atom. The first-order valence-electron chi connectivity index (χ1n) is 37.3. The summed E-state index contributed by atoms with van der Waals surface area (Å²) >= 11 is 0. The molecule has 0 radical (unpaired) electrons. The molecule has 3 aromatic rings. The molecular weight excluding hydrogens is 1500 g/mol. The van der Waals surface area contributed by atoms with E-state index in [1.54, 1.807) is 46.2 Å². The first-order chi connectivity index (χ1) is 54.3. The van der Waals surface area contributed by atoms with E-state index >= 15 is 0 Å². The molecule has 0 fully saturated rings. The number of carbonyl (C=O) groups excluding carboxylic acids is 9. The van der Waals surface area contributed by atoms with Crippen LogP contribution in [0.3, 0.4) is 0 Å². The predicted octanol–water partition coefficient (Wildman–Crippen LogP) is 4.11. The Kier molecular flexibility index (Phi) is 42.9. The molecule has 0 bridgehead atoms. The van der Waals surface area contributed by atoms with Gasteiger partial charge in [0.05, 0.1) is 117 Å². The molecule has 622 valence electrons. The number of unbranched alkanes of at least 4 members (excludes halogenated alkanes) is 2. The molecular formula is C75H107N12O25P. The first-order valence-corrected chi connectivity index (χ1v) is 39.0. The van der Waals surface area contributed by atoms with Crippen LogP contribution < -0.4 is 26.2 Å². The molecule has 2 aliphatic heterocycles. The minimum Gasteiger partial charge on any atom is -0.481 e. The Labute approximate surface area is 655 Å². The van der Waals surface area contributed by atoms with E-state index in [1.165, 1.54) is 60.8 Å². The SMILES string of the molecule is CCCC(CP(=O)(O)OCCC[C@H](NC(=O)CC[C@H](CC(=O)CCCCCNC(=O)CCOCCOCCOCCOCCNC(=O)CCC(=O)N1Cc2ccccc2-c2c(nnn2CCCNC(=O)CN2C=CN(CC(=O)OC)C=CN(CC(=O)OC)C=CN(CC(=O)OC)C=C2)-c2ccccc21)C(=O)O)C(=O)O)C(=O)O. The summed E-state index contributed by atoms with van der Waals surface area (Å²) in [7, 11) is -0.529. The van der Waals surface area contributed by atoms with E-state index in [2.05, 4.69) is 31.6 Å². The van der Waals surface area contributed by atoms with Crippen LogP contribution in [0.15, 0.2) is 98.1 Å². The third kappa shape index (κ3) is 36.3. The fourth-order valence-electron chi connectivity index (χ4n) is 11.4. The molecule has 8 N–H and O–H groups in total. The van der Waals surface area contributed by atoms with Crippen LogP contribution >= 0.6 is 7.60 Å². The molecule has 37 nitrogen and oxygen atoms in total. The molecule has 2 aromatic carbocycles. The molecule has 0 saturated heterocycles. The van der Waals surface area contributed by atoms with Gasteiger partial charge in [0, 0.05) is 125 Å². The van der Waals surface area contributed by atoms with Gasteiger partial charge in [-0.1, -0.05) is 67.4 Å². The van der Waals surface area contributed by atoms with Crippen molar-refractivity contribution in [3.8, 4) is 22.5 Å². The van der Waals surface area contributed by atoms with Crippen LogP contribution in [0.25, 0.3) is 22.5 Å². The number of fused-ring (bicyclic) bond motifs is 5. The lowest BCUT2D eigenvalue weighted by Crippen LogP contribution is -2.41. The minimum absolute atomic E-state index is 0.0645. The summed E-state index contributed by atoms with van der Waals surface area (Å²) in [6.07, 6.45) is 13.3. The van der Waals surface area contributed by atoms with Gasteiger partial charge in [-0.3, -0.25) is 57.3 Å². The van der Waals surface area contributed by atoms with Gasteiger partial charge in [-0.2, -0.15) is 0 Å². The molecule has 5 amide bonds. The largest absolute Gasteiger partial charge is 0.481 e. The van der Waals surface area contributed by atoms with Crippen molar-refractivity contribution in [1.29, 1.82) is 0 Å². The van der Waals surface area contributed by atoms with Crippen molar-refractivity contribution in [1.82, 2.24) is 55.9 Å². The van der Waals surface area contributed by atoms with Gasteiger partial charge in [0.15, 0.2) is 0 Å². The normalized spacial score (nSPS) is 13.9. The number of Topliss-reactive ketones (excluding diaryl/α,β-unsaturated/α-hetero) is 1. The van der Waals surface area contributed by atoms with E-state index < -0.39 is 73.4 Å². The summed E-state index contributed by atoms with van der Waals surface area (Å²) in [6.45, 7) is 3.97. The Balaban J connectivity index is 0.914. The van der Waals surface area contributed by atoms with Crippen molar-refractivity contribution >= 4 is 84.4 Å². The number of esters is 3. The number of aromatic nitrogens is 3. The van der Waals surface area contributed by atoms with Gasteiger partial charge >= 0.3 is 43.4 Å². The topological polar surface area (TPSA) is 472 Å². The smallest absolute Gasteiger partial charge is 0.328 e. The van der Waals surface area contributed by atoms with Gasteiger partial charge < -0.3 is 104 Å². The number of carboxylic acids is 3. The molecule has 0 aliphatic carbocycles. The molecule has 5 rings (SSSR count). The number of carboxylic acid groups (broad SMARTS) is 3. The van der Waals surface area contributed by atoms with Crippen molar-refractivity contribution in [3.05, 3.63) is 104 Å². The number of aliphatic carboxylic acids is 3. The number of nitrogens with one attached hydrogen (secondary N) is 4. The van der Waals surface area contributed by atoms with Crippen molar-refractivity contribution in [3.63, 3.8) is 0 Å². The number of aryl methyl sites for hydroxylation is 1. The zero-order valence-corrected chi connectivity index (χ0v) is 65.3. The molecule has 1 aromatic heterocycles. The maximum absolute atomic E-state index is 14.2. The predicted molar refractivity (Wildman–Crippen MR) is 406 cm³/mol. The standard InChI is InChI=1S/C75H107N12O25P/c1-5-15-57(74(99)100)54-113(103,104)112-39-13-20-61(75(101)102)79-65(91)23-22-55(73(97)98)48-58(88)17-7-6-12-27-76-64(90)26-40-108-42-44-110-46-47-111-45-43-109-41-29-78-63(89)24-25-67(93)86-49-56-16-8-9-18-59(56)72-71(60-19-10-11-21-62(60)86)80-81-87(72)30-14-28-77-66(92)50-82-31-33-83(51-68(94)105-2)35-37-85(53-70(96)107-4)38-36-84(34-32-82)52-69(95)106-3/h8-11,16,18-19,21,31-38,55,57,61H,5-7,12-15,17,20,22-30,39-54H2,1-4H3,(H,76,90)(H,77,92)(H,78,89)(H,79,91)(H,97,98)(H,99,100)(H,101,102)(H,103,104)/t55-,57?,61+/m1/s1. The summed E-state index contributed by atoms with van der Waals surface area (Å²) in [4.78, 5) is 168. The number of nitrogens with zero attached hydrogens (tertiary/aromatic N) is 8. The van der Waals surface area contributed by atoms with E-state index in [-0.39, 0.29) is 186 Å².